The predicted molar refractivity (Wildman–Crippen MR) is 81.1 cm³/mol. The van der Waals surface area contributed by atoms with Gasteiger partial charge in [0.05, 0.1) is 6.61 Å². The maximum atomic E-state index is 5.67. The minimum absolute atomic E-state index is 0.767. The molecule has 0 aliphatic carbocycles. The summed E-state index contributed by atoms with van der Waals surface area (Å²) in [5.74, 6) is 0.945. The zero-order chi connectivity index (χ0) is 13.8. The van der Waals surface area contributed by atoms with Gasteiger partial charge in [-0.3, -0.25) is 4.98 Å². The lowest BCUT2D eigenvalue weighted by atomic mass is 10.2. The Morgan fingerprint density at radius 1 is 1.10 bits per heavy atom. The topological polar surface area (TPSA) is 27.1 Å². The third-order valence-corrected chi connectivity index (χ3v) is 3.32. The highest BCUT2D eigenvalue weighted by molar-refractivity contribution is 5.81. The van der Waals surface area contributed by atoms with E-state index in [4.69, 9.17) is 4.74 Å². The normalized spacial score (nSPS) is 10.8. The van der Waals surface area contributed by atoms with E-state index in [1.165, 1.54) is 16.5 Å². The molecule has 3 heteroatoms. The molecule has 0 atom stereocenters. The molecule has 0 N–H and O–H groups in total. The van der Waals surface area contributed by atoms with Crippen molar-refractivity contribution in [2.45, 2.75) is 19.9 Å². The van der Waals surface area contributed by atoms with E-state index in [1.54, 1.807) is 0 Å². The molecular formula is C17H18N2O. The lowest BCUT2D eigenvalue weighted by Crippen LogP contribution is -1.98. The molecule has 0 saturated carbocycles. The molecule has 0 unspecified atom stereocenters. The number of benzene rings is 1. The molecule has 20 heavy (non-hydrogen) atoms. The molecule has 3 rings (SSSR count). The first kappa shape index (κ1) is 12.7. The molecule has 0 spiro atoms. The van der Waals surface area contributed by atoms with Gasteiger partial charge in [-0.1, -0.05) is 6.92 Å². The van der Waals surface area contributed by atoms with Crippen LogP contribution in [0.4, 0.5) is 0 Å². The first-order valence-electron chi connectivity index (χ1n) is 6.97. The van der Waals surface area contributed by atoms with Crippen molar-refractivity contribution in [1.29, 1.82) is 0 Å². The van der Waals surface area contributed by atoms with Crippen LogP contribution in [0.1, 0.15) is 18.9 Å². The van der Waals surface area contributed by atoms with Crippen LogP contribution in [0.3, 0.4) is 0 Å². The van der Waals surface area contributed by atoms with Crippen molar-refractivity contribution < 1.29 is 4.74 Å². The third kappa shape index (κ3) is 2.67. The number of nitrogens with zero attached hydrogens (tertiary/aromatic N) is 2. The van der Waals surface area contributed by atoms with Gasteiger partial charge in [-0.05, 0) is 48.4 Å². The van der Waals surface area contributed by atoms with Crippen LogP contribution in [-0.4, -0.2) is 16.2 Å². The molecule has 1 aromatic carbocycles. The van der Waals surface area contributed by atoms with Crippen molar-refractivity contribution in [3.05, 3.63) is 60.6 Å². The number of pyridine rings is 1. The van der Waals surface area contributed by atoms with Crippen molar-refractivity contribution in [2.75, 3.05) is 6.61 Å². The average molecular weight is 266 g/mol. The summed E-state index contributed by atoms with van der Waals surface area (Å²) in [6.45, 7) is 3.74. The molecule has 3 aromatic rings. The summed E-state index contributed by atoms with van der Waals surface area (Å²) in [5.41, 5.74) is 2.48. The molecular weight excluding hydrogens is 248 g/mol. The van der Waals surface area contributed by atoms with E-state index in [0.29, 0.717) is 0 Å². The lowest BCUT2D eigenvalue weighted by molar-refractivity contribution is 0.318. The fourth-order valence-corrected chi connectivity index (χ4v) is 2.31. The Balaban J connectivity index is 1.86. The first-order valence-corrected chi connectivity index (χ1v) is 6.97. The molecule has 0 bridgehead atoms. The van der Waals surface area contributed by atoms with Crippen LogP contribution in [0.5, 0.6) is 5.75 Å². The fraction of sp³-hybridized carbons (Fsp3) is 0.235. The Labute approximate surface area is 118 Å². The number of ether oxygens (including phenoxy) is 1. The SMILES string of the molecule is CCCOc1ccc2c(ccn2Cc2ccncc2)c1. The maximum Gasteiger partial charge on any atom is 0.120 e. The van der Waals surface area contributed by atoms with Crippen molar-refractivity contribution in [3.8, 4) is 5.75 Å². The predicted octanol–water partition coefficient (Wildman–Crippen LogP) is 3.87. The minimum Gasteiger partial charge on any atom is -0.494 e. The van der Waals surface area contributed by atoms with Gasteiger partial charge < -0.3 is 9.30 Å². The summed E-state index contributed by atoms with van der Waals surface area (Å²) < 4.78 is 7.92. The minimum atomic E-state index is 0.767. The molecule has 3 nitrogen and oxygen atoms in total. The Morgan fingerprint density at radius 3 is 2.75 bits per heavy atom. The first-order chi connectivity index (χ1) is 9.86. The Hall–Kier alpha value is -2.29. The van der Waals surface area contributed by atoms with E-state index in [9.17, 15) is 0 Å². The number of hydrogen-bond donors (Lipinski definition) is 0. The number of fused-ring (bicyclic) bond motifs is 1. The number of aromatic nitrogens is 2. The standard InChI is InChI=1S/C17H18N2O/c1-2-11-20-16-3-4-17-15(12-16)7-10-19(17)13-14-5-8-18-9-6-14/h3-10,12H,2,11,13H2,1H3. The van der Waals surface area contributed by atoms with Crippen molar-refractivity contribution >= 4 is 10.9 Å². The molecule has 2 aromatic heterocycles. The molecule has 0 amide bonds. The van der Waals surface area contributed by atoms with Crippen LogP contribution in [-0.2, 0) is 6.54 Å². The zero-order valence-electron chi connectivity index (χ0n) is 11.6. The van der Waals surface area contributed by atoms with Crippen LogP contribution >= 0.6 is 0 Å². The second-order valence-electron chi connectivity index (χ2n) is 4.87. The second kappa shape index (κ2) is 5.78. The quantitative estimate of drug-likeness (QED) is 0.701. The molecule has 0 aliphatic rings. The van der Waals surface area contributed by atoms with Crippen LogP contribution < -0.4 is 4.74 Å². The van der Waals surface area contributed by atoms with Gasteiger partial charge in [-0.25, -0.2) is 0 Å². The Kier molecular flexibility index (Phi) is 3.68. The maximum absolute atomic E-state index is 5.67. The van der Waals surface area contributed by atoms with Gasteiger partial charge in [0.2, 0.25) is 0 Å². The van der Waals surface area contributed by atoms with Crippen LogP contribution in [0.15, 0.2) is 55.0 Å². The van der Waals surface area contributed by atoms with E-state index < -0.39 is 0 Å². The molecule has 0 saturated heterocycles. The van der Waals surface area contributed by atoms with E-state index in [1.807, 2.05) is 30.6 Å². The Bertz CT molecular complexity index is 689. The second-order valence-corrected chi connectivity index (χ2v) is 4.87. The third-order valence-electron chi connectivity index (χ3n) is 3.32. The largest absolute Gasteiger partial charge is 0.494 e. The van der Waals surface area contributed by atoms with Gasteiger partial charge in [0.15, 0.2) is 0 Å². The van der Waals surface area contributed by atoms with E-state index in [-0.39, 0.29) is 0 Å². The van der Waals surface area contributed by atoms with E-state index in [2.05, 4.69) is 40.9 Å². The van der Waals surface area contributed by atoms with Gasteiger partial charge in [0.25, 0.3) is 0 Å². The van der Waals surface area contributed by atoms with Gasteiger partial charge in [0.1, 0.15) is 5.75 Å². The highest BCUT2D eigenvalue weighted by atomic mass is 16.5. The summed E-state index contributed by atoms with van der Waals surface area (Å²) in [6, 6.07) is 12.5. The zero-order valence-corrected chi connectivity index (χ0v) is 11.6. The molecule has 0 radical (unpaired) electrons. The van der Waals surface area contributed by atoms with E-state index >= 15 is 0 Å². The van der Waals surface area contributed by atoms with Crippen molar-refractivity contribution in [1.82, 2.24) is 9.55 Å². The summed E-state index contributed by atoms with van der Waals surface area (Å²) in [6.07, 6.45) is 6.81. The monoisotopic (exact) mass is 266 g/mol. The number of hydrogen-bond acceptors (Lipinski definition) is 2. The summed E-state index contributed by atoms with van der Waals surface area (Å²) in [7, 11) is 0. The van der Waals surface area contributed by atoms with Crippen LogP contribution in [0.25, 0.3) is 10.9 Å². The molecule has 2 heterocycles. The smallest absolute Gasteiger partial charge is 0.120 e. The molecule has 0 fully saturated rings. The van der Waals surface area contributed by atoms with Gasteiger partial charge in [-0.15, -0.1) is 0 Å². The summed E-state index contributed by atoms with van der Waals surface area (Å²) in [5, 5.41) is 1.22. The van der Waals surface area contributed by atoms with Gasteiger partial charge in [0, 0.05) is 36.0 Å². The average Bonchev–Trinajstić information content (AvgIpc) is 2.89. The fourth-order valence-electron chi connectivity index (χ4n) is 2.31. The molecule has 0 aliphatic heterocycles. The Morgan fingerprint density at radius 2 is 1.95 bits per heavy atom. The van der Waals surface area contributed by atoms with Crippen molar-refractivity contribution in [3.63, 3.8) is 0 Å². The van der Waals surface area contributed by atoms with Crippen molar-refractivity contribution in [2.24, 2.45) is 0 Å². The van der Waals surface area contributed by atoms with Crippen LogP contribution in [0.2, 0.25) is 0 Å². The van der Waals surface area contributed by atoms with Crippen LogP contribution in [0, 0.1) is 0 Å². The lowest BCUT2D eigenvalue weighted by Gasteiger charge is -2.07. The van der Waals surface area contributed by atoms with E-state index in [0.717, 1.165) is 25.3 Å². The molecule has 102 valence electrons. The summed E-state index contributed by atoms with van der Waals surface area (Å²) >= 11 is 0. The van der Waals surface area contributed by atoms with Gasteiger partial charge >= 0.3 is 0 Å². The highest BCUT2D eigenvalue weighted by Gasteiger charge is 2.03. The van der Waals surface area contributed by atoms with Gasteiger partial charge in [-0.2, -0.15) is 0 Å². The summed E-state index contributed by atoms with van der Waals surface area (Å²) in [4.78, 5) is 4.05. The highest BCUT2D eigenvalue weighted by Crippen LogP contribution is 2.23. The number of rotatable bonds is 5.